The van der Waals surface area contributed by atoms with Gasteiger partial charge in [-0.2, -0.15) is 20.4 Å². The maximum atomic E-state index is 3.98. The predicted molar refractivity (Wildman–Crippen MR) is 241 cm³/mol. The van der Waals surface area contributed by atoms with Crippen molar-refractivity contribution in [2.24, 2.45) is 0 Å². The topological polar surface area (TPSA) is 232 Å². The Morgan fingerprint density at radius 2 is 0.857 bits per heavy atom. The Morgan fingerprint density at radius 3 is 1.14 bits per heavy atom. The van der Waals surface area contributed by atoms with Crippen molar-refractivity contribution in [2.45, 2.75) is 62.3 Å². The first-order chi connectivity index (χ1) is 30.5. The van der Waals surface area contributed by atoms with Crippen molar-refractivity contribution in [3.63, 3.8) is 0 Å². The molecule has 0 aromatic carbocycles. The van der Waals surface area contributed by atoms with Gasteiger partial charge in [-0.25, -0.2) is 44.9 Å². The first-order valence-corrected chi connectivity index (χ1v) is 19.1. The lowest BCUT2D eigenvalue weighted by atomic mass is 10.3. The molecule has 9 aromatic rings. The minimum absolute atomic E-state index is 0.759. The molecule has 0 saturated carbocycles. The minimum atomic E-state index is 0.759. The summed E-state index contributed by atoms with van der Waals surface area (Å²) in [6.45, 7) is 17.3. The van der Waals surface area contributed by atoms with Crippen LogP contribution in [0.25, 0.3) is 0 Å². The van der Waals surface area contributed by atoms with Gasteiger partial charge >= 0.3 is 0 Å². The van der Waals surface area contributed by atoms with Gasteiger partial charge in [0.25, 0.3) is 0 Å². The summed E-state index contributed by atoms with van der Waals surface area (Å²) in [4.78, 5) is 41.8. The minimum Gasteiger partial charge on any atom is -0.265 e. The zero-order valence-corrected chi connectivity index (χ0v) is 37.1. The average molecular weight is 847 g/mol. The van der Waals surface area contributed by atoms with Gasteiger partial charge in [0.15, 0.2) is 0 Å². The molecule has 0 unspecified atom stereocenters. The van der Waals surface area contributed by atoms with E-state index in [1.807, 2.05) is 117 Å². The van der Waals surface area contributed by atoms with Gasteiger partial charge in [0.2, 0.25) is 0 Å². The molecule has 0 amide bonds. The zero-order valence-electron chi connectivity index (χ0n) is 37.1. The summed E-state index contributed by atoms with van der Waals surface area (Å²) in [5.74, 6) is 1.58. The molecule has 18 nitrogen and oxygen atoms in total. The van der Waals surface area contributed by atoms with E-state index in [4.69, 9.17) is 0 Å². The molecule has 0 aliphatic heterocycles. The van der Waals surface area contributed by atoms with Crippen molar-refractivity contribution in [1.29, 1.82) is 0 Å². The van der Waals surface area contributed by atoms with Crippen molar-refractivity contribution >= 4 is 0 Å². The van der Waals surface area contributed by atoms with Crippen LogP contribution in [-0.2, 0) is 0 Å². The molecule has 0 atom stereocenters. The van der Waals surface area contributed by atoms with E-state index < -0.39 is 0 Å². The van der Waals surface area contributed by atoms with Crippen LogP contribution in [0.15, 0.2) is 166 Å². The van der Waals surface area contributed by atoms with Crippen LogP contribution in [0.3, 0.4) is 0 Å². The first-order valence-electron chi connectivity index (χ1n) is 19.1. The fraction of sp³-hybridized carbons (Fsp3) is 0.200. The van der Waals surface area contributed by atoms with Crippen LogP contribution in [0, 0.1) is 62.3 Å². The molecular weight excluding hydrogens is 793 g/mol. The summed E-state index contributed by atoms with van der Waals surface area (Å²) in [6, 6.07) is 20.9. The molecule has 0 aliphatic carbocycles. The zero-order chi connectivity index (χ0) is 46.0. The lowest BCUT2D eigenvalue weighted by Crippen LogP contribution is -1.85. The van der Waals surface area contributed by atoms with Crippen LogP contribution in [0.5, 0.6) is 0 Å². The Balaban J connectivity index is 0.000000354. The van der Waals surface area contributed by atoms with Gasteiger partial charge in [-0.3, -0.25) is 9.97 Å². The fourth-order valence-corrected chi connectivity index (χ4v) is 3.31. The van der Waals surface area contributed by atoms with Crippen molar-refractivity contribution in [3.05, 3.63) is 218 Å². The van der Waals surface area contributed by atoms with Gasteiger partial charge in [0, 0.05) is 73.4 Å². The molecule has 0 saturated heterocycles. The number of hydrogen-bond donors (Lipinski definition) is 0. The number of aromatic nitrogens is 18. The molecule has 63 heavy (non-hydrogen) atoms. The van der Waals surface area contributed by atoms with Crippen LogP contribution in [0.1, 0.15) is 51.1 Å². The van der Waals surface area contributed by atoms with Crippen molar-refractivity contribution in [1.82, 2.24) is 90.6 Å². The average Bonchev–Trinajstić information content (AvgIpc) is 3.31. The summed E-state index contributed by atoms with van der Waals surface area (Å²) in [5.41, 5.74) is 7.45. The fourth-order valence-electron chi connectivity index (χ4n) is 3.31. The molecule has 0 radical (unpaired) electrons. The monoisotopic (exact) mass is 846 g/mol. The summed E-state index contributed by atoms with van der Waals surface area (Å²) >= 11 is 0. The largest absolute Gasteiger partial charge is 0.265 e. The van der Waals surface area contributed by atoms with E-state index in [0.717, 1.165) is 45.6 Å². The van der Waals surface area contributed by atoms with Gasteiger partial charge in [0.05, 0.1) is 23.8 Å². The normalized spacial score (nSPS) is 8.71. The summed E-state index contributed by atoms with van der Waals surface area (Å²) in [5, 5.41) is 25.1. The standard InChI is InChI=1S/2C6H7N.5C5H6N2.2C4H5N3/c1-6-2-4-7-5-3-6;1-6-4-2-3-5-7-6;1-5-2-6-4-7-3-5;1-5-2-3-6-4-7-5;1-5-2-3-6-7-4-5;1-5-6-3-2-4-7-5;1-5-3-2-4-6-7-5;1-4-6-2-5-3-7-4;1-4-2-3-5-7-6-4/h2*2-5H,1H3;5*2-4H,1H3;2*2-3H,1H3. The molecular formula is C45H54N18. The highest BCUT2D eigenvalue weighted by Crippen LogP contribution is 1.90. The molecule has 0 bridgehead atoms. The molecule has 9 aromatic heterocycles. The van der Waals surface area contributed by atoms with Gasteiger partial charge < -0.3 is 0 Å². The van der Waals surface area contributed by atoms with Crippen molar-refractivity contribution < 1.29 is 0 Å². The Hall–Kier alpha value is -8.28. The van der Waals surface area contributed by atoms with E-state index in [0.29, 0.717) is 0 Å². The smallest absolute Gasteiger partial charge is 0.128 e. The highest BCUT2D eigenvalue weighted by Gasteiger charge is 1.79. The van der Waals surface area contributed by atoms with Gasteiger partial charge in [-0.15, -0.1) is 10.2 Å². The maximum absolute atomic E-state index is 3.98. The highest BCUT2D eigenvalue weighted by atomic mass is 15.3. The van der Waals surface area contributed by atoms with Crippen LogP contribution in [0.2, 0.25) is 0 Å². The second-order valence-corrected chi connectivity index (χ2v) is 12.3. The molecule has 0 aliphatic rings. The number of nitrogens with zero attached hydrogens (tertiary/aromatic N) is 18. The molecule has 0 fully saturated rings. The number of pyridine rings is 2. The van der Waals surface area contributed by atoms with Crippen molar-refractivity contribution in [3.8, 4) is 0 Å². The first kappa shape index (κ1) is 52.7. The van der Waals surface area contributed by atoms with Crippen LogP contribution < -0.4 is 0 Å². The summed E-state index contributed by atoms with van der Waals surface area (Å²) < 4.78 is 0. The van der Waals surface area contributed by atoms with E-state index in [1.165, 1.54) is 30.9 Å². The lowest BCUT2D eigenvalue weighted by Gasteiger charge is -1.82. The molecule has 0 spiro atoms. The van der Waals surface area contributed by atoms with Gasteiger partial charge in [0.1, 0.15) is 37.0 Å². The van der Waals surface area contributed by atoms with Gasteiger partial charge in [-0.05, 0) is 145 Å². The van der Waals surface area contributed by atoms with Crippen LogP contribution >= 0.6 is 0 Å². The van der Waals surface area contributed by atoms with Gasteiger partial charge in [-0.1, -0.05) is 6.07 Å². The number of aryl methyl sites for hydroxylation is 9. The molecule has 0 N–H and O–H groups in total. The van der Waals surface area contributed by atoms with E-state index in [2.05, 4.69) is 90.6 Å². The van der Waals surface area contributed by atoms with E-state index >= 15 is 0 Å². The maximum Gasteiger partial charge on any atom is 0.128 e. The Morgan fingerprint density at radius 1 is 0.286 bits per heavy atom. The van der Waals surface area contributed by atoms with E-state index in [-0.39, 0.29) is 0 Å². The molecule has 18 heteroatoms. The van der Waals surface area contributed by atoms with Crippen LogP contribution in [0.4, 0.5) is 0 Å². The second-order valence-electron chi connectivity index (χ2n) is 12.3. The van der Waals surface area contributed by atoms with E-state index in [1.54, 1.807) is 86.5 Å². The lowest BCUT2D eigenvalue weighted by molar-refractivity contribution is 0.839. The highest BCUT2D eigenvalue weighted by molar-refractivity contribution is 5.06. The Labute approximate surface area is 369 Å². The van der Waals surface area contributed by atoms with Crippen molar-refractivity contribution in [2.75, 3.05) is 0 Å². The van der Waals surface area contributed by atoms with E-state index in [9.17, 15) is 0 Å². The number of rotatable bonds is 0. The van der Waals surface area contributed by atoms with Crippen LogP contribution in [-0.4, -0.2) is 90.6 Å². The molecule has 324 valence electrons. The quantitative estimate of drug-likeness (QED) is 0.148. The summed E-state index contributed by atoms with van der Waals surface area (Å²) in [6.07, 6.45) is 26.8. The predicted octanol–water partition coefficient (Wildman–Crippen LogP) is 7.07. The third-order valence-corrected chi connectivity index (χ3v) is 6.47. The molecule has 9 heterocycles. The Bertz CT molecular complexity index is 1760. The third-order valence-electron chi connectivity index (χ3n) is 6.47. The Kier molecular flexibility index (Phi) is 30.8. The second kappa shape index (κ2) is 36.8. The number of hydrogen-bond acceptors (Lipinski definition) is 18. The summed E-state index contributed by atoms with van der Waals surface area (Å²) in [7, 11) is 0. The SMILES string of the molecule is Cc1ccccn1.Cc1cccnn1.Cc1ccncc1.Cc1ccncn1.Cc1ccnnc1.Cc1ccnnn1.Cc1cncnc1.Cc1ncccn1.Cc1ncncn1. The third kappa shape index (κ3) is 35.4. The molecule has 9 rings (SSSR count).